The molecule has 3 aromatic rings. The zero-order valence-electron chi connectivity index (χ0n) is 16.4. The summed E-state index contributed by atoms with van der Waals surface area (Å²) in [7, 11) is 0. The number of oxazole rings is 1. The van der Waals surface area contributed by atoms with Gasteiger partial charge < -0.3 is 14.8 Å². The Morgan fingerprint density at radius 1 is 1.10 bits per heavy atom. The van der Waals surface area contributed by atoms with Gasteiger partial charge in [-0.3, -0.25) is 4.79 Å². The quantitative estimate of drug-likeness (QED) is 0.414. The zero-order chi connectivity index (χ0) is 21.5. The standard InChI is InChI=1S/C23H21FN2O4/c1-2-3-14-25-22(29)21-20(16-9-11-18(24)12-10-16)26-23(30-21)17-7-4-15(5-8-17)6-13-19(27)28/h4-13H,2-3,14H2,1H3,(H,25,29)(H,27,28)/b13-6+. The van der Waals surface area contributed by atoms with Gasteiger partial charge in [-0.05, 0) is 54.5 Å². The van der Waals surface area contributed by atoms with E-state index in [0.29, 0.717) is 28.9 Å². The van der Waals surface area contributed by atoms with Gasteiger partial charge in [-0.25, -0.2) is 14.2 Å². The molecule has 0 bridgehead atoms. The second kappa shape index (κ2) is 9.65. The Bertz CT molecular complexity index is 1050. The summed E-state index contributed by atoms with van der Waals surface area (Å²) in [5, 5.41) is 11.5. The number of benzene rings is 2. The van der Waals surface area contributed by atoms with E-state index in [1.54, 1.807) is 36.4 Å². The molecule has 6 nitrogen and oxygen atoms in total. The first-order chi connectivity index (χ1) is 14.5. The van der Waals surface area contributed by atoms with Crippen LogP contribution in [-0.4, -0.2) is 28.5 Å². The molecule has 7 heteroatoms. The monoisotopic (exact) mass is 408 g/mol. The minimum Gasteiger partial charge on any atom is -0.478 e. The summed E-state index contributed by atoms with van der Waals surface area (Å²) in [6, 6.07) is 12.6. The van der Waals surface area contributed by atoms with Crippen molar-refractivity contribution < 1.29 is 23.5 Å². The second-order valence-electron chi connectivity index (χ2n) is 6.61. The molecule has 154 valence electrons. The molecule has 0 saturated carbocycles. The van der Waals surface area contributed by atoms with Crippen LogP contribution in [0.15, 0.2) is 59.0 Å². The van der Waals surface area contributed by atoms with Crippen LogP contribution in [0.25, 0.3) is 28.8 Å². The van der Waals surface area contributed by atoms with Gasteiger partial charge >= 0.3 is 5.97 Å². The van der Waals surface area contributed by atoms with E-state index in [0.717, 1.165) is 18.9 Å². The molecular weight excluding hydrogens is 387 g/mol. The van der Waals surface area contributed by atoms with Crippen LogP contribution in [0.1, 0.15) is 35.9 Å². The fourth-order valence-corrected chi connectivity index (χ4v) is 2.76. The van der Waals surface area contributed by atoms with Crippen molar-refractivity contribution in [3.63, 3.8) is 0 Å². The summed E-state index contributed by atoms with van der Waals surface area (Å²) in [4.78, 5) is 27.8. The SMILES string of the molecule is CCCCNC(=O)c1oc(-c2ccc(/C=C/C(=O)O)cc2)nc1-c1ccc(F)cc1. The van der Waals surface area contributed by atoms with E-state index in [-0.39, 0.29) is 23.4 Å². The van der Waals surface area contributed by atoms with Crippen LogP contribution in [0.3, 0.4) is 0 Å². The Balaban J connectivity index is 1.95. The molecule has 0 aliphatic heterocycles. The van der Waals surface area contributed by atoms with Crippen molar-refractivity contribution in [2.24, 2.45) is 0 Å². The van der Waals surface area contributed by atoms with Crippen LogP contribution in [0.2, 0.25) is 0 Å². The van der Waals surface area contributed by atoms with Crippen molar-refractivity contribution in [3.8, 4) is 22.7 Å². The van der Waals surface area contributed by atoms with Gasteiger partial charge in [0.15, 0.2) is 0 Å². The molecule has 0 radical (unpaired) electrons. The molecule has 0 spiro atoms. The molecule has 2 aromatic carbocycles. The molecule has 1 heterocycles. The molecule has 0 aliphatic carbocycles. The van der Waals surface area contributed by atoms with Crippen molar-refractivity contribution in [2.45, 2.75) is 19.8 Å². The number of amides is 1. The largest absolute Gasteiger partial charge is 0.478 e. The van der Waals surface area contributed by atoms with Crippen LogP contribution >= 0.6 is 0 Å². The first-order valence-electron chi connectivity index (χ1n) is 9.54. The summed E-state index contributed by atoms with van der Waals surface area (Å²) < 4.78 is 19.1. The Kier molecular flexibility index (Phi) is 6.75. The fourth-order valence-electron chi connectivity index (χ4n) is 2.76. The number of hydrogen-bond acceptors (Lipinski definition) is 4. The number of carbonyl (C=O) groups is 2. The highest BCUT2D eigenvalue weighted by atomic mass is 19.1. The second-order valence-corrected chi connectivity index (χ2v) is 6.61. The molecule has 0 atom stereocenters. The maximum absolute atomic E-state index is 13.3. The van der Waals surface area contributed by atoms with Gasteiger partial charge in [0.1, 0.15) is 11.5 Å². The van der Waals surface area contributed by atoms with Crippen LogP contribution in [0, 0.1) is 5.82 Å². The summed E-state index contributed by atoms with van der Waals surface area (Å²) >= 11 is 0. The average Bonchev–Trinajstić information content (AvgIpc) is 3.19. The number of unbranched alkanes of at least 4 members (excludes halogenated alkanes) is 1. The fraction of sp³-hybridized carbons (Fsp3) is 0.174. The molecule has 3 rings (SSSR count). The Morgan fingerprint density at radius 3 is 2.40 bits per heavy atom. The molecule has 0 unspecified atom stereocenters. The Hall–Kier alpha value is -3.74. The van der Waals surface area contributed by atoms with E-state index >= 15 is 0 Å². The first-order valence-corrected chi connectivity index (χ1v) is 9.54. The van der Waals surface area contributed by atoms with E-state index in [1.165, 1.54) is 18.2 Å². The van der Waals surface area contributed by atoms with Crippen molar-refractivity contribution in [1.82, 2.24) is 10.3 Å². The highest BCUT2D eigenvalue weighted by Gasteiger charge is 2.22. The number of nitrogens with zero attached hydrogens (tertiary/aromatic N) is 1. The van der Waals surface area contributed by atoms with Crippen molar-refractivity contribution >= 4 is 18.0 Å². The number of aromatic nitrogens is 1. The number of aliphatic carboxylic acids is 1. The summed E-state index contributed by atoms with van der Waals surface area (Å²) in [5.74, 6) is -1.51. The van der Waals surface area contributed by atoms with Gasteiger partial charge in [0, 0.05) is 23.7 Å². The number of rotatable bonds is 8. The number of carboxylic acid groups (broad SMARTS) is 1. The lowest BCUT2D eigenvalue weighted by atomic mass is 10.1. The summed E-state index contributed by atoms with van der Waals surface area (Å²) in [5.41, 5.74) is 2.21. The van der Waals surface area contributed by atoms with Gasteiger partial charge in [-0.1, -0.05) is 25.5 Å². The molecule has 2 N–H and O–H groups in total. The molecule has 1 amide bonds. The third kappa shape index (κ3) is 5.20. The van der Waals surface area contributed by atoms with Crippen LogP contribution < -0.4 is 5.32 Å². The topological polar surface area (TPSA) is 92.4 Å². The van der Waals surface area contributed by atoms with Crippen molar-refractivity contribution in [2.75, 3.05) is 6.54 Å². The number of halogens is 1. The maximum Gasteiger partial charge on any atom is 0.328 e. The van der Waals surface area contributed by atoms with Gasteiger partial charge in [0.2, 0.25) is 11.7 Å². The van der Waals surface area contributed by atoms with E-state index in [9.17, 15) is 14.0 Å². The van der Waals surface area contributed by atoms with Crippen molar-refractivity contribution in [1.29, 1.82) is 0 Å². The number of carboxylic acids is 1. The first kappa shape index (κ1) is 21.0. The maximum atomic E-state index is 13.3. The highest BCUT2D eigenvalue weighted by molar-refractivity contribution is 5.97. The molecule has 30 heavy (non-hydrogen) atoms. The van der Waals surface area contributed by atoms with Crippen LogP contribution in [0.4, 0.5) is 4.39 Å². The number of carbonyl (C=O) groups excluding carboxylic acids is 1. The zero-order valence-corrected chi connectivity index (χ0v) is 16.4. The van der Waals surface area contributed by atoms with E-state index in [2.05, 4.69) is 10.3 Å². The smallest absolute Gasteiger partial charge is 0.328 e. The molecule has 0 aliphatic rings. The molecule has 1 aromatic heterocycles. The molecular formula is C23H21FN2O4. The van der Waals surface area contributed by atoms with E-state index in [1.807, 2.05) is 6.92 Å². The summed E-state index contributed by atoms with van der Waals surface area (Å²) in [6.07, 6.45) is 4.29. The normalized spacial score (nSPS) is 11.0. The third-order valence-corrected chi connectivity index (χ3v) is 4.34. The van der Waals surface area contributed by atoms with E-state index in [4.69, 9.17) is 9.52 Å². The number of nitrogens with one attached hydrogen (secondary N) is 1. The van der Waals surface area contributed by atoms with E-state index < -0.39 is 5.97 Å². The minimum absolute atomic E-state index is 0.0579. The molecule has 0 saturated heterocycles. The predicted molar refractivity (Wildman–Crippen MR) is 111 cm³/mol. The van der Waals surface area contributed by atoms with Gasteiger partial charge in [0.25, 0.3) is 5.91 Å². The van der Waals surface area contributed by atoms with Gasteiger partial charge in [-0.2, -0.15) is 0 Å². The Labute approximate surface area is 173 Å². The van der Waals surface area contributed by atoms with Gasteiger partial charge in [-0.15, -0.1) is 0 Å². The highest BCUT2D eigenvalue weighted by Crippen LogP contribution is 2.29. The third-order valence-electron chi connectivity index (χ3n) is 4.34. The minimum atomic E-state index is -1.03. The van der Waals surface area contributed by atoms with Gasteiger partial charge in [0.05, 0.1) is 0 Å². The Morgan fingerprint density at radius 2 is 1.77 bits per heavy atom. The van der Waals surface area contributed by atoms with Crippen LogP contribution in [0.5, 0.6) is 0 Å². The average molecular weight is 408 g/mol. The molecule has 0 fully saturated rings. The lowest BCUT2D eigenvalue weighted by Gasteiger charge is -2.03. The predicted octanol–water partition coefficient (Wildman–Crippen LogP) is 4.78. The lowest BCUT2D eigenvalue weighted by Crippen LogP contribution is -2.24. The van der Waals surface area contributed by atoms with Crippen LogP contribution in [-0.2, 0) is 4.79 Å². The number of hydrogen-bond donors (Lipinski definition) is 2. The summed E-state index contributed by atoms with van der Waals surface area (Å²) in [6.45, 7) is 2.54. The van der Waals surface area contributed by atoms with Crippen molar-refractivity contribution in [3.05, 3.63) is 71.7 Å². The lowest BCUT2D eigenvalue weighted by molar-refractivity contribution is -0.131.